The lowest BCUT2D eigenvalue weighted by molar-refractivity contribution is -0.137. The van der Waals surface area contributed by atoms with Crippen LogP contribution in [0.2, 0.25) is 5.02 Å². The fraction of sp³-hybridized carbons (Fsp3) is 0.367. The van der Waals surface area contributed by atoms with Crippen molar-refractivity contribution in [1.82, 2.24) is 4.90 Å². The Labute approximate surface area is 229 Å². The number of aryl methyl sites for hydroxylation is 1. The van der Waals surface area contributed by atoms with Gasteiger partial charge in [0.25, 0.3) is 0 Å². The number of benzene rings is 3. The SMILES string of the molecule is CCC1CN(Cc2cc(C(CC(=O)O)c3ccc(N(C)N)c(N)c3C)ccc2C)Cc2c(Cl)cccc2O1. The summed E-state index contributed by atoms with van der Waals surface area (Å²) in [5.74, 6) is 5.57. The van der Waals surface area contributed by atoms with Crippen molar-refractivity contribution in [2.24, 2.45) is 5.84 Å². The summed E-state index contributed by atoms with van der Waals surface area (Å²) in [4.78, 5) is 14.3. The van der Waals surface area contributed by atoms with Gasteiger partial charge in [-0.15, -0.1) is 0 Å². The van der Waals surface area contributed by atoms with Crippen LogP contribution in [0.5, 0.6) is 5.75 Å². The highest BCUT2D eigenvalue weighted by molar-refractivity contribution is 6.31. The van der Waals surface area contributed by atoms with Crippen LogP contribution in [0.3, 0.4) is 0 Å². The first-order valence-corrected chi connectivity index (χ1v) is 13.3. The fourth-order valence-corrected chi connectivity index (χ4v) is 5.47. The topological polar surface area (TPSA) is 105 Å². The van der Waals surface area contributed by atoms with Gasteiger partial charge in [-0.05, 0) is 66.3 Å². The number of anilines is 2. The highest BCUT2D eigenvalue weighted by Gasteiger charge is 2.26. The van der Waals surface area contributed by atoms with Gasteiger partial charge in [0.15, 0.2) is 0 Å². The van der Waals surface area contributed by atoms with Gasteiger partial charge in [-0.3, -0.25) is 9.69 Å². The molecule has 0 saturated carbocycles. The second kappa shape index (κ2) is 11.6. The standard InChI is InChI=1S/C30H37ClN4O3/c1-5-22-16-35(17-25-26(31)7-6-8-28(25)38-22)15-21-13-20(10-9-18(21)2)24(14-29(36)37)23-11-12-27(34(4)33)30(32)19(23)3/h6-13,22,24H,5,14-17,32-33H2,1-4H3,(H,36,37). The number of rotatable bonds is 8. The number of hydrogen-bond acceptors (Lipinski definition) is 6. The summed E-state index contributed by atoms with van der Waals surface area (Å²) in [6.07, 6.45) is 0.901. The molecule has 5 N–H and O–H groups in total. The summed E-state index contributed by atoms with van der Waals surface area (Å²) >= 11 is 6.56. The maximum absolute atomic E-state index is 12.0. The number of ether oxygens (including phenoxy) is 1. The predicted octanol–water partition coefficient (Wildman–Crippen LogP) is 5.63. The summed E-state index contributed by atoms with van der Waals surface area (Å²) < 4.78 is 6.28. The lowest BCUT2D eigenvalue weighted by Gasteiger charge is -2.26. The van der Waals surface area contributed by atoms with E-state index in [1.54, 1.807) is 7.05 Å². The molecule has 1 aliphatic heterocycles. The molecule has 0 aromatic heterocycles. The summed E-state index contributed by atoms with van der Waals surface area (Å²) in [6, 6.07) is 15.8. The third kappa shape index (κ3) is 5.90. The van der Waals surface area contributed by atoms with Gasteiger partial charge in [0, 0.05) is 43.2 Å². The average molecular weight is 537 g/mol. The van der Waals surface area contributed by atoms with Crippen molar-refractivity contribution in [2.45, 2.75) is 58.7 Å². The van der Waals surface area contributed by atoms with Crippen molar-refractivity contribution in [3.8, 4) is 5.75 Å². The van der Waals surface area contributed by atoms with Gasteiger partial charge >= 0.3 is 5.97 Å². The average Bonchev–Trinajstić information content (AvgIpc) is 3.05. The number of carbonyl (C=O) groups is 1. The largest absolute Gasteiger partial charge is 0.489 e. The molecule has 0 aliphatic carbocycles. The van der Waals surface area contributed by atoms with E-state index < -0.39 is 5.97 Å². The van der Waals surface area contributed by atoms with Crippen molar-refractivity contribution in [2.75, 3.05) is 24.3 Å². The molecule has 0 amide bonds. The molecule has 0 spiro atoms. The molecule has 2 unspecified atom stereocenters. The maximum Gasteiger partial charge on any atom is 0.304 e. The first-order chi connectivity index (χ1) is 18.1. The van der Waals surface area contributed by atoms with Gasteiger partial charge in [-0.1, -0.05) is 48.9 Å². The Bertz CT molecular complexity index is 1330. The smallest absolute Gasteiger partial charge is 0.304 e. The molecule has 3 aromatic rings. The molecular formula is C30H37ClN4O3. The molecule has 2 atom stereocenters. The number of hydrogen-bond donors (Lipinski definition) is 3. The minimum Gasteiger partial charge on any atom is -0.489 e. The Hall–Kier alpha value is -3.26. The molecule has 8 heteroatoms. The monoisotopic (exact) mass is 536 g/mol. The van der Waals surface area contributed by atoms with Crippen LogP contribution in [-0.4, -0.2) is 35.7 Å². The molecule has 38 heavy (non-hydrogen) atoms. The molecule has 7 nitrogen and oxygen atoms in total. The van der Waals surface area contributed by atoms with Crippen LogP contribution >= 0.6 is 11.6 Å². The quantitative estimate of drug-likeness (QED) is 0.195. The van der Waals surface area contributed by atoms with Gasteiger partial charge in [-0.2, -0.15) is 0 Å². The van der Waals surface area contributed by atoms with E-state index in [9.17, 15) is 9.90 Å². The van der Waals surface area contributed by atoms with Crippen LogP contribution in [0.15, 0.2) is 48.5 Å². The van der Waals surface area contributed by atoms with E-state index in [0.717, 1.165) is 52.1 Å². The van der Waals surface area contributed by atoms with Gasteiger partial charge in [0.1, 0.15) is 11.9 Å². The van der Waals surface area contributed by atoms with E-state index in [-0.39, 0.29) is 18.4 Å². The second-order valence-corrected chi connectivity index (χ2v) is 10.6. The van der Waals surface area contributed by atoms with Gasteiger partial charge in [-0.25, -0.2) is 5.84 Å². The Morgan fingerprint density at radius 3 is 2.68 bits per heavy atom. The van der Waals surface area contributed by atoms with E-state index in [1.165, 1.54) is 5.01 Å². The van der Waals surface area contributed by atoms with Crippen LogP contribution in [0.4, 0.5) is 11.4 Å². The molecule has 4 rings (SSSR count). The molecule has 0 fully saturated rings. The first-order valence-electron chi connectivity index (χ1n) is 12.9. The van der Waals surface area contributed by atoms with E-state index in [4.69, 9.17) is 27.9 Å². The minimum absolute atomic E-state index is 0.0426. The molecule has 0 radical (unpaired) electrons. The van der Waals surface area contributed by atoms with Crippen LogP contribution in [-0.2, 0) is 17.9 Å². The van der Waals surface area contributed by atoms with Crippen LogP contribution in [0.25, 0.3) is 0 Å². The molecule has 202 valence electrons. The van der Waals surface area contributed by atoms with Crippen LogP contribution in [0.1, 0.15) is 59.1 Å². The molecule has 0 bridgehead atoms. The molecule has 3 aromatic carbocycles. The van der Waals surface area contributed by atoms with Gasteiger partial charge in [0.2, 0.25) is 0 Å². The van der Waals surface area contributed by atoms with E-state index in [1.807, 2.05) is 43.3 Å². The highest BCUT2D eigenvalue weighted by atomic mass is 35.5. The number of nitrogens with two attached hydrogens (primary N) is 2. The Balaban J connectivity index is 1.70. The lowest BCUT2D eigenvalue weighted by Crippen LogP contribution is -2.32. The third-order valence-electron chi connectivity index (χ3n) is 7.51. The zero-order valence-corrected chi connectivity index (χ0v) is 23.3. The molecule has 1 heterocycles. The van der Waals surface area contributed by atoms with Crippen molar-refractivity contribution in [3.63, 3.8) is 0 Å². The normalized spacial score (nSPS) is 16.3. The second-order valence-electron chi connectivity index (χ2n) is 10.2. The number of aliphatic carboxylic acids is 1. The molecule has 1 aliphatic rings. The number of carboxylic acids is 1. The minimum atomic E-state index is -0.864. The van der Waals surface area contributed by atoms with Crippen molar-refractivity contribution >= 4 is 28.9 Å². The van der Waals surface area contributed by atoms with Crippen LogP contribution < -0.4 is 21.3 Å². The summed E-state index contributed by atoms with van der Waals surface area (Å²) in [7, 11) is 1.73. The summed E-state index contributed by atoms with van der Waals surface area (Å²) in [5, 5.41) is 12.0. The van der Waals surface area contributed by atoms with Crippen molar-refractivity contribution in [3.05, 3.63) is 86.9 Å². The highest BCUT2D eigenvalue weighted by Crippen LogP contribution is 2.37. The number of nitrogens with zero attached hydrogens (tertiary/aromatic N) is 2. The van der Waals surface area contributed by atoms with Crippen molar-refractivity contribution in [1.29, 1.82) is 0 Å². The van der Waals surface area contributed by atoms with Crippen molar-refractivity contribution < 1.29 is 14.6 Å². The number of fused-ring (bicyclic) bond motifs is 1. The number of nitrogen functional groups attached to an aromatic ring is 1. The molecular weight excluding hydrogens is 500 g/mol. The van der Waals surface area contributed by atoms with Gasteiger partial charge < -0.3 is 20.6 Å². The fourth-order valence-electron chi connectivity index (χ4n) is 5.25. The Morgan fingerprint density at radius 2 is 2.00 bits per heavy atom. The zero-order chi connectivity index (χ0) is 27.6. The Morgan fingerprint density at radius 1 is 1.24 bits per heavy atom. The number of halogens is 1. The van der Waals surface area contributed by atoms with Crippen LogP contribution in [0, 0.1) is 13.8 Å². The van der Waals surface area contributed by atoms with E-state index >= 15 is 0 Å². The lowest BCUT2D eigenvalue weighted by atomic mass is 9.84. The van der Waals surface area contributed by atoms with E-state index in [0.29, 0.717) is 29.5 Å². The first kappa shape index (κ1) is 27.8. The van der Waals surface area contributed by atoms with Gasteiger partial charge in [0.05, 0.1) is 17.8 Å². The zero-order valence-electron chi connectivity index (χ0n) is 22.5. The Kier molecular flexibility index (Phi) is 8.51. The van der Waals surface area contributed by atoms with E-state index in [2.05, 4.69) is 30.9 Å². The maximum atomic E-state index is 12.0. The summed E-state index contributed by atoms with van der Waals surface area (Å²) in [6.45, 7) is 8.29. The summed E-state index contributed by atoms with van der Waals surface area (Å²) in [5.41, 5.74) is 13.6. The predicted molar refractivity (Wildman–Crippen MR) is 154 cm³/mol. The number of carboxylic acid groups (broad SMARTS) is 1. The third-order valence-corrected chi connectivity index (χ3v) is 7.86. The number of hydrazine groups is 1. The molecule has 0 saturated heterocycles.